The molecule has 0 aliphatic rings. The van der Waals surface area contributed by atoms with Crippen LogP contribution in [0.5, 0.6) is 0 Å². The number of rotatable bonds is 2. The maximum atomic E-state index is 11.0. The SMILES string of the molecule is Cc1ccccc1-c1ccc2cc(C(=O)O)sc2c1. The van der Waals surface area contributed by atoms with E-state index in [1.807, 2.05) is 24.3 Å². The highest BCUT2D eigenvalue weighted by molar-refractivity contribution is 7.20. The lowest BCUT2D eigenvalue weighted by Gasteiger charge is -2.05. The average Bonchev–Trinajstić information content (AvgIpc) is 2.82. The minimum Gasteiger partial charge on any atom is -0.477 e. The van der Waals surface area contributed by atoms with Crippen molar-refractivity contribution in [1.82, 2.24) is 0 Å². The molecular formula is C16H12O2S. The summed E-state index contributed by atoms with van der Waals surface area (Å²) in [5, 5.41) is 10.0. The average molecular weight is 268 g/mol. The van der Waals surface area contributed by atoms with Crippen LogP contribution in [-0.4, -0.2) is 11.1 Å². The quantitative estimate of drug-likeness (QED) is 0.739. The van der Waals surface area contributed by atoms with Crippen LogP contribution < -0.4 is 0 Å². The van der Waals surface area contributed by atoms with Crippen LogP contribution in [0, 0.1) is 6.92 Å². The Morgan fingerprint density at radius 3 is 2.63 bits per heavy atom. The van der Waals surface area contributed by atoms with E-state index in [4.69, 9.17) is 5.11 Å². The molecule has 3 heteroatoms. The van der Waals surface area contributed by atoms with Gasteiger partial charge in [-0.15, -0.1) is 11.3 Å². The number of aryl methyl sites for hydroxylation is 1. The van der Waals surface area contributed by atoms with Crippen LogP contribution in [0.2, 0.25) is 0 Å². The predicted octanol–water partition coefficient (Wildman–Crippen LogP) is 4.57. The first kappa shape index (κ1) is 11.9. The Balaban J connectivity index is 2.16. The third kappa shape index (κ3) is 2.13. The lowest BCUT2D eigenvalue weighted by Crippen LogP contribution is -1.89. The number of carboxylic acid groups (broad SMARTS) is 1. The third-order valence-electron chi connectivity index (χ3n) is 3.19. The molecular weight excluding hydrogens is 256 g/mol. The summed E-state index contributed by atoms with van der Waals surface area (Å²) < 4.78 is 1.01. The van der Waals surface area contributed by atoms with E-state index in [-0.39, 0.29) is 0 Å². The van der Waals surface area contributed by atoms with Crippen molar-refractivity contribution in [3.05, 3.63) is 59.0 Å². The van der Waals surface area contributed by atoms with Crippen molar-refractivity contribution in [2.24, 2.45) is 0 Å². The minimum atomic E-state index is -0.862. The Kier molecular flexibility index (Phi) is 2.84. The van der Waals surface area contributed by atoms with Gasteiger partial charge in [-0.25, -0.2) is 4.79 Å². The molecule has 2 aromatic carbocycles. The van der Waals surface area contributed by atoms with Crippen molar-refractivity contribution in [3.8, 4) is 11.1 Å². The van der Waals surface area contributed by atoms with Gasteiger partial charge in [-0.05, 0) is 41.1 Å². The van der Waals surface area contributed by atoms with E-state index in [0.29, 0.717) is 4.88 Å². The number of carboxylic acids is 1. The van der Waals surface area contributed by atoms with Gasteiger partial charge < -0.3 is 5.11 Å². The molecule has 0 fully saturated rings. The molecule has 94 valence electrons. The molecule has 2 nitrogen and oxygen atoms in total. The van der Waals surface area contributed by atoms with Crippen LogP contribution >= 0.6 is 11.3 Å². The van der Waals surface area contributed by atoms with Crippen LogP contribution in [0.3, 0.4) is 0 Å². The first-order valence-electron chi connectivity index (χ1n) is 5.98. The molecule has 0 unspecified atom stereocenters. The standard InChI is InChI=1S/C16H12O2S/c1-10-4-2-3-5-13(10)11-6-7-12-9-15(16(17)18)19-14(12)8-11/h2-9H,1H3,(H,17,18). The summed E-state index contributed by atoms with van der Waals surface area (Å²) >= 11 is 1.32. The molecule has 0 amide bonds. The normalized spacial score (nSPS) is 10.8. The summed E-state index contributed by atoms with van der Waals surface area (Å²) in [6.45, 7) is 2.08. The number of aromatic carboxylic acids is 1. The van der Waals surface area contributed by atoms with Gasteiger partial charge in [0.15, 0.2) is 0 Å². The summed E-state index contributed by atoms with van der Waals surface area (Å²) in [5.41, 5.74) is 3.54. The summed E-state index contributed by atoms with van der Waals surface area (Å²) in [7, 11) is 0. The van der Waals surface area contributed by atoms with Gasteiger partial charge in [0.05, 0.1) is 0 Å². The van der Waals surface area contributed by atoms with E-state index in [0.717, 1.165) is 15.6 Å². The van der Waals surface area contributed by atoms with Crippen molar-refractivity contribution < 1.29 is 9.90 Å². The minimum absolute atomic E-state index is 0.386. The Morgan fingerprint density at radius 1 is 1.11 bits per heavy atom. The zero-order valence-corrected chi connectivity index (χ0v) is 11.2. The van der Waals surface area contributed by atoms with Gasteiger partial charge in [0.2, 0.25) is 0 Å². The zero-order valence-electron chi connectivity index (χ0n) is 10.4. The highest BCUT2D eigenvalue weighted by Gasteiger charge is 2.09. The van der Waals surface area contributed by atoms with Gasteiger partial charge in [0.25, 0.3) is 0 Å². The maximum absolute atomic E-state index is 11.0. The van der Waals surface area contributed by atoms with Crippen LogP contribution in [0.1, 0.15) is 15.2 Å². The highest BCUT2D eigenvalue weighted by atomic mass is 32.1. The van der Waals surface area contributed by atoms with Gasteiger partial charge in [0, 0.05) is 4.70 Å². The van der Waals surface area contributed by atoms with Gasteiger partial charge in [-0.1, -0.05) is 36.4 Å². The van der Waals surface area contributed by atoms with Crippen LogP contribution in [0.25, 0.3) is 21.2 Å². The Bertz CT molecular complexity index is 771. The molecule has 0 radical (unpaired) electrons. The van der Waals surface area contributed by atoms with E-state index < -0.39 is 5.97 Å². The van der Waals surface area contributed by atoms with E-state index in [2.05, 4.69) is 25.1 Å². The second-order valence-electron chi connectivity index (χ2n) is 4.48. The van der Waals surface area contributed by atoms with Crippen molar-refractivity contribution >= 4 is 27.4 Å². The van der Waals surface area contributed by atoms with E-state index >= 15 is 0 Å². The largest absolute Gasteiger partial charge is 0.477 e. The molecule has 0 aliphatic carbocycles. The van der Waals surface area contributed by atoms with Crippen LogP contribution in [0.4, 0.5) is 0 Å². The van der Waals surface area contributed by atoms with Gasteiger partial charge in [-0.2, -0.15) is 0 Å². The van der Waals surface area contributed by atoms with E-state index in [1.165, 1.54) is 22.5 Å². The smallest absolute Gasteiger partial charge is 0.345 e. The van der Waals surface area contributed by atoms with Crippen molar-refractivity contribution in [2.45, 2.75) is 6.92 Å². The molecule has 3 aromatic rings. The Labute approximate surface area is 114 Å². The number of hydrogen-bond donors (Lipinski definition) is 1. The molecule has 19 heavy (non-hydrogen) atoms. The van der Waals surface area contributed by atoms with Gasteiger partial charge in [0.1, 0.15) is 4.88 Å². The fraction of sp³-hybridized carbons (Fsp3) is 0.0625. The topological polar surface area (TPSA) is 37.3 Å². The van der Waals surface area contributed by atoms with Crippen molar-refractivity contribution in [1.29, 1.82) is 0 Å². The maximum Gasteiger partial charge on any atom is 0.345 e. The van der Waals surface area contributed by atoms with Gasteiger partial charge in [-0.3, -0.25) is 0 Å². The number of carbonyl (C=O) groups is 1. The van der Waals surface area contributed by atoms with Crippen LogP contribution in [-0.2, 0) is 0 Å². The lowest BCUT2D eigenvalue weighted by molar-refractivity contribution is 0.0702. The molecule has 1 heterocycles. The molecule has 0 saturated heterocycles. The number of benzene rings is 2. The first-order chi connectivity index (χ1) is 9.15. The van der Waals surface area contributed by atoms with E-state index in [1.54, 1.807) is 6.07 Å². The molecule has 3 rings (SSSR count). The third-order valence-corrected chi connectivity index (χ3v) is 4.27. The second kappa shape index (κ2) is 4.52. The monoisotopic (exact) mass is 268 g/mol. The number of thiophene rings is 1. The predicted molar refractivity (Wildman–Crippen MR) is 79.0 cm³/mol. The second-order valence-corrected chi connectivity index (χ2v) is 5.57. The molecule has 0 atom stereocenters. The van der Waals surface area contributed by atoms with Crippen LogP contribution in [0.15, 0.2) is 48.5 Å². The summed E-state index contributed by atoms with van der Waals surface area (Å²) in [5.74, 6) is -0.862. The fourth-order valence-corrected chi connectivity index (χ4v) is 3.14. The lowest BCUT2D eigenvalue weighted by atomic mass is 10.0. The molecule has 1 aromatic heterocycles. The Hall–Kier alpha value is -2.13. The highest BCUT2D eigenvalue weighted by Crippen LogP contribution is 2.31. The molecule has 0 saturated carbocycles. The zero-order chi connectivity index (χ0) is 13.4. The molecule has 0 aliphatic heterocycles. The van der Waals surface area contributed by atoms with Crippen molar-refractivity contribution in [3.63, 3.8) is 0 Å². The summed E-state index contributed by atoms with van der Waals surface area (Å²) in [4.78, 5) is 11.4. The summed E-state index contributed by atoms with van der Waals surface area (Å²) in [6.07, 6.45) is 0. The molecule has 0 bridgehead atoms. The number of hydrogen-bond acceptors (Lipinski definition) is 2. The fourth-order valence-electron chi connectivity index (χ4n) is 2.20. The molecule has 1 N–H and O–H groups in total. The van der Waals surface area contributed by atoms with Crippen molar-refractivity contribution in [2.75, 3.05) is 0 Å². The van der Waals surface area contributed by atoms with E-state index in [9.17, 15) is 4.79 Å². The van der Waals surface area contributed by atoms with Gasteiger partial charge >= 0.3 is 5.97 Å². The Morgan fingerprint density at radius 2 is 1.89 bits per heavy atom. The summed E-state index contributed by atoms with van der Waals surface area (Å²) in [6, 6.07) is 16.0. The number of fused-ring (bicyclic) bond motifs is 1. The first-order valence-corrected chi connectivity index (χ1v) is 6.80. The molecule has 0 spiro atoms.